The number of hydrogen-bond donors (Lipinski definition) is 1. The summed E-state index contributed by atoms with van der Waals surface area (Å²) in [6, 6.07) is 0. The molecule has 1 atom stereocenters. The molecule has 2 aliphatic rings. The SMILES string of the molecule is [C]1C=CCN2C=CNC12. The molecule has 2 heteroatoms. The van der Waals surface area contributed by atoms with E-state index < -0.39 is 0 Å². The van der Waals surface area contributed by atoms with Crippen LogP contribution in [0.3, 0.4) is 0 Å². The van der Waals surface area contributed by atoms with Crippen molar-refractivity contribution in [3.05, 3.63) is 31.0 Å². The highest BCUT2D eigenvalue weighted by molar-refractivity contribution is 5.14. The molecule has 2 heterocycles. The molecule has 0 aliphatic carbocycles. The summed E-state index contributed by atoms with van der Waals surface area (Å²) in [5.41, 5.74) is 0. The fourth-order valence-electron chi connectivity index (χ4n) is 1.06. The van der Waals surface area contributed by atoms with Crippen molar-refractivity contribution in [2.45, 2.75) is 6.17 Å². The molecule has 0 spiro atoms. The van der Waals surface area contributed by atoms with E-state index in [4.69, 9.17) is 0 Å². The maximum Gasteiger partial charge on any atom is 0.110 e. The molecule has 0 bridgehead atoms. The third-order valence-corrected chi connectivity index (χ3v) is 1.54. The van der Waals surface area contributed by atoms with E-state index in [1.807, 2.05) is 18.5 Å². The van der Waals surface area contributed by atoms with Crippen molar-refractivity contribution >= 4 is 0 Å². The van der Waals surface area contributed by atoms with Gasteiger partial charge in [-0.05, 0) is 0 Å². The Morgan fingerprint density at radius 2 is 2.67 bits per heavy atom. The minimum atomic E-state index is 0.301. The summed E-state index contributed by atoms with van der Waals surface area (Å²) in [5.74, 6) is 0. The first-order chi connectivity index (χ1) is 4.47. The molecule has 1 unspecified atom stereocenters. The highest BCUT2D eigenvalue weighted by Gasteiger charge is 2.18. The number of rotatable bonds is 0. The molecule has 0 saturated carbocycles. The average molecular weight is 120 g/mol. The van der Waals surface area contributed by atoms with E-state index in [1.54, 1.807) is 0 Å². The van der Waals surface area contributed by atoms with Gasteiger partial charge in [-0.2, -0.15) is 0 Å². The molecule has 1 N–H and O–H groups in total. The number of nitrogens with zero attached hydrogens (tertiary/aromatic N) is 1. The minimum absolute atomic E-state index is 0.301. The van der Waals surface area contributed by atoms with Crippen LogP contribution < -0.4 is 5.32 Å². The predicted molar refractivity (Wildman–Crippen MR) is 35.2 cm³/mol. The fraction of sp³-hybridized carbons (Fsp3) is 0.286. The van der Waals surface area contributed by atoms with E-state index in [0.717, 1.165) is 6.54 Å². The highest BCUT2D eigenvalue weighted by Crippen LogP contribution is 2.11. The second-order valence-electron chi connectivity index (χ2n) is 2.15. The highest BCUT2D eigenvalue weighted by atomic mass is 15.3. The van der Waals surface area contributed by atoms with Gasteiger partial charge in [-0.1, -0.05) is 12.2 Å². The van der Waals surface area contributed by atoms with E-state index in [2.05, 4.69) is 22.7 Å². The second kappa shape index (κ2) is 1.79. The zero-order chi connectivity index (χ0) is 6.10. The van der Waals surface area contributed by atoms with Crippen LogP contribution in [0.25, 0.3) is 0 Å². The van der Waals surface area contributed by atoms with Crippen LogP contribution >= 0.6 is 0 Å². The molecule has 0 amide bonds. The molecule has 0 aromatic rings. The molecule has 0 aromatic carbocycles. The van der Waals surface area contributed by atoms with Crippen LogP contribution in [0, 0.1) is 6.42 Å². The Hall–Kier alpha value is -0.920. The molecule has 2 aliphatic heterocycles. The number of nitrogens with one attached hydrogen (secondary N) is 1. The lowest BCUT2D eigenvalue weighted by Crippen LogP contribution is -2.37. The van der Waals surface area contributed by atoms with Crippen molar-refractivity contribution < 1.29 is 0 Å². The Morgan fingerprint density at radius 1 is 1.67 bits per heavy atom. The van der Waals surface area contributed by atoms with E-state index >= 15 is 0 Å². The van der Waals surface area contributed by atoms with Crippen LogP contribution in [0.2, 0.25) is 0 Å². The summed E-state index contributed by atoms with van der Waals surface area (Å²) in [6.45, 7) is 1.00. The van der Waals surface area contributed by atoms with Crippen LogP contribution in [0.15, 0.2) is 24.6 Å². The van der Waals surface area contributed by atoms with Crippen LogP contribution in [-0.4, -0.2) is 17.6 Å². The van der Waals surface area contributed by atoms with E-state index in [9.17, 15) is 0 Å². The third-order valence-electron chi connectivity index (χ3n) is 1.54. The van der Waals surface area contributed by atoms with Gasteiger partial charge in [0.15, 0.2) is 0 Å². The zero-order valence-electron chi connectivity index (χ0n) is 5.04. The second-order valence-corrected chi connectivity index (χ2v) is 2.15. The van der Waals surface area contributed by atoms with Crippen LogP contribution in [0.5, 0.6) is 0 Å². The van der Waals surface area contributed by atoms with Crippen molar-refractivity contribution in [1.82, 2.24) is 10.2 Å². The molecule has 0 saturated heterocycles. The summed E-state index contributed by atoms with van der Waals surface area (Å²) in [4.78, 5) is 2.18. The summed E-state index contributed by atoms with van der Waals surface area (Å²) in [6.07, 6.45) is 11.5. The van der Waals surface area contributed by atoms with Gasteiger partial charge in [-0.15, -0.1) is 0 Å². The maximum absolute atomic E-state index is 3.15. The topological polar surface area (TPSA) is 15.3 Å². The van der Waals surface area contributed by atoms with Gasteiger partial charge in [0.1, 0.15) is 6.17 Å². The Labute approximate surface area is 54.8 Å². The minimum Gasteiger partial charge on any atom is -0.369 e. The first kappa shape index (κ1) is 4.91. The van der Waals surface area contributed by atoms with Crippen LogP contribution in [0.1, 0.15) is 0 Å². The standard InChI is InChI=1S/C7H8N2/c1-2-5-9-6-4-8-7(9)3-1/h1-2,4,6-8H,5H2. The molecule has 0 fully saturated rings. The summed E-state index contributed by atoms with van der Waals surface area (Å²) in [7, 11) is 0. The van der Waals surface area contributed by atoms with E-state index in [1.165, 1.54) is 0 Å². The van der Waals surface area contributed by atoms with E-state index in [-0.39, 0.29) is 0 Å². The number of hydrogen-bond acceptors (Lipinski definition) is 2. The predicted octanol–water partition coefficient (Wildman–Crippen LogP) is 0.340. The molecular formula is C7H8N2. The lowest BCUT2D eigenvalue weighted by atomic mass is 10.2. The number of fused-ring (bicyclic) bond motifs is 1. The molecular weight excluding hydrogens is 112 g/mol. The lowest BCUT2D eigenvalue weighted by Gasteiger charge is -2.25. The molecule has 2 rings (SSSR count). The fourth-order valence-corrected chi connectivity index (χ4v) is 1.06. The Kier molecular flexibility index (Phi) is 0.979. The van der Waals surface area contributed by atoms with Crippen molar-refractivity contribution in [1.29, 1.82) is 0 Å². The Morgan fingerprint density at radius 3 is 3.56 bits per heavy atom. The summed E-state index contributed by atoms with van der Waals surface area (Å²) >= 11 is 0. The van der Waals surface area contributed by atoms with Gasteiger partial charge in [0.2, 0.25) is 0 Å². The van der Waals surface area contributed by atoms with Crippen molar-refractivity contribution in [2.24, 2.45) is 0 Å². The molecule has 0 aromatic heterocycles. The van der Waals surface area contributed by atoms with Gasteiger partial charge in [0, 0.05) is 18.9 Å². The van der Waals surface area contributed by atoms with Crippen molar-refractivity contribution in [2.75, 3.05) is 6.54 Å². The summed E-state index contributed by atoms with van der Waals surface area (Å²) < 4.78 is 0. The van der Waals surface area contributed by atoms with Gasteiger partial charge in [0.05, 0.1) is 6.42 Å². The van der Waals surface area contributed by atoms with Crippen LogP contribution in [0.4, 0.5) is 0 Å². The average Bonchev–Trinajstić information content (AvgIpc) is 2.33. The van der Waals surface area contributed by atoms with Crippen LogP contribution in [-0.2, 0) is 0 Å². The van der Waals surface area contributed by atoms with Crippen molar-refractivity contribution in [3.8, 4) is 0 Å². The van der Waals surface area contributed by atoms with E-state index in [0.29, 0.717) is 6.17 Å². The third kappa shape index (κ3) is 0.707. The van der Waals surface area contributed by atoms with Gasteiger partial charge in [0.25, 0.3) is 0 Å². The van der Waals surface area contributed by atoms with Gasteiger partial charge < -0.3 is 10.2 Å². The normalized spacial score (nSPS) is 30.2. The molecule has 9 heavy (non-hydrogen) atoms. The monoisotopic (exact) mass is 120 g/mol. The smallest absolute Gasteiger partial charge is 0.110 e. The first-order valence-electron chi connectivity index (χ1n) is 3.06. The molecule has 2 nitrogen and oxygen atoms in total. The van der Waals surface area contributed by atoms with Crippen molar-refractivity contribution in [3.63, 3.8) is 0 Å². The van der Waals surface area contributed by atoms with Gasteiger partial charge >= 0.3 is 0 Å². The lowest BCUT2D eigenvalue weighted by molar-refractivity contribution is 0.335. The first-order valence-corrected chi connectivity index (χ1v) is 3.06. The zero-order valence-corrected chi connectivity index (χ0v) is 5.04. The molecule has 2 radical (unpaired) electrons. The van der Waals surface area contributed by atoms with Gasteiger partial charge in [-0.3, -0.25) is 0 Å². The largest absolute Gasteiger partial charge is 0.369 e. The Balaban J connectivity index is 2.13. The molecule has 46 valence electrons. The summed E-state index contributed by atoms with van der Waals surface area (Å²) in [5, 5.41) is 3.14. The van der Waals surface area contributed by atoms with Gasteiger partial charge in [-0.25, -0.2) is 0 Å². The quantitative estimate of drug-likeness (QED) is 0.496. The maximum atomic E-state index is 3.15. The Bertz CT molecular complexity index is 160.